The number of hydrogen-bond acceptors (Lipinski definition) is 5. The number of aliphatic carboxylic acids is 1. The van der Waals surface area contributed by atoms with E-state index >= 15 is 0 Å². The Morgan fingerprint density at radius 2 is 1.49 bits per heavy atom. The first-order chi connectivity index (χ1) is 16.7. The first-order valence-electron chi connectivity index (χ1n) is 10.9. The summed E-state index contributed by atoms with van der Waals surface area (Å²) in [7, 11) is 0. The summed E-state index contributed by atoms with van der Waals surface area (Å²) in [6.45, 7) is -1.74. The second-order valence-electron chi connectivity index (χ2n) is 8.35. The van der Waals surface area contributed by atoms with Crippen LogP contribution in [0.1, 0.15) is 17.0 Å². The van der Waals surface area contributed by atoms with Crippen LogP contribution in [0.4, 0.5) is 13.6 Å². The third-order valence-corrected chi connectivity index (χ3v) is 6.15. The molecule has 0 unspecified atom stereocenters. The molecular weight excluding hydrogens is 464 g/mol. The number of carbonyl (C=O) groups excluding carboxylic acids is 3. The van der Waals surface area contributed by atoms with Crippen molar-refractivity contribution in [1.29, 1.82) is 0 Å². The molecule has 0 saturated heterocycles. The fraction of sp³-hybridized carbons (Fsp3) is 0.333. The minimum Gasteiger partial charge on any atom is -0.480 e. The highest BCUT2D eigenvalue weighted by Gasteiger charge is 2.71. The van der Waals surface area contributed by atoms with Crippen molar-refractivity contribution in [1.82, 2.24) is 16.0 Å². The van der Waals surface area contributed by atoms with Crippen LogP contribution in [0.25, 0.3) is 11.1 Å². The maximum atomic E-state index is 14.1. The molecule has 2 aliphatic carbocycles. The Morgan fingerprint density at radius 1 is 0.886 bits per heavy atom. The van der Waals surface area contributed by atoms with Gasteiger partial charge in [0.1, 0.15) is 19.1 Å². The van der Waals surface area contributed by atoms with E-state index in [0.29, 0.717) is 0 Å². The van der Waals surface area contributed by atoms with Crippen molar-refractivity contribution in [3.63, 3.8) is 0 Å². The Morgan fingerprint density at radius 3 is 2.09 bits per heavy atom. The fourth-order valence-corrected chi connectivity index (χ4v) is 4.36. The summed E-state index contributed by atoms with van der Waals surface area (Å²) in [6.07, 6.45) is -0.873. The van der Waals surface area contributed by atoms with Gasteiger partial charge in [0.25, 0.3) is 5.92 Å². The molecule has 0 bridgehead atoms. The van der Waals surface area contributed by atoms with Crippen molar-refractivity contribution >= 4 is 23.9 Å². The number of alkyl halides is 2. The predicted octanol–water partition coefficient (Wildman–Crippen LogP) is 1.72. The number of carboxylic acid groups (broad SMARTS) is 1. The second-order valence-corrected chi connectivity index (χ2v) is 8.35. The summed E-state index contributed by atoms with van der Waals surface area (Å²) < 4.78 is 33.5. The van der Waals surface area contributed by atoms with Gasteiger partial charge in [0.15, 0.2) is 0 Å². The van der Waals surface area contributed by atoms with Gasteiger partial charge in [0.2, 0.25) is 11.8 Å². The fourth-order valence-electron chi connectivity index (χ4n) is 4.36. The first kappa shape index (κ1) is 24.1. The molecule has 0 radical (unpaired) electrons. The van der Waals surface area contributed by atoms with Gasteiger partial charge in [0.05, 0.1) is 12.5 Å². The molecule has 0 aliphatic heterocycles. The number of rotatable bonds is 9. The Labute approximate surface area is 198 Å². The average molecular weight is 487 g/mol. The predicted molar refractivity (Wildman–Crippen MR) is 119 cm³/mol. The van der Waals surface area contributed by atoms with Crippen LogP contribution in [0.3, 0.4) is 0 Å². The number of fused-ring (bicyclic) bond motifs is 3. The number of ether oxygens (including phenoxy) is 1. The molecule has 4 rings (SSSR count). The SMILES string of the molecule is O=C(O)CNC(=O)CNC(=O)[C@@H]1[C@H](CNC(=O)OCC2c3ccccc3-c3ccccc32)C1(F)F. The number of halogens is 2. The highest BCUT2D eigenvalue weighted by atomic mass is 19.3. The van der Waals surface area contributed by atoms with E-state index in [1.165, 1.54) is 0 Å². The molecule has 9 nitrogen and oxygen atoms in total. The van der Waals surface area contributed by atoms with Crippen LogP contribution in [0.15, 0.2) is 48.5 Å². The maximum absolute atomic E-state index is 14.1. The van der Waals surface area contributed by atoms with E-state index in [-0.39, 0.29) is 12.5 Å². The van der Waals surface area contributed by atoms with E-state index in [4.69, 9.17) is 9.84 Å². The standard InChI is InChI=1S/C24H23F2N3O6/c25-24(26)18(21(24)22(33)28-10-19(30)27-11-20(31)32)9-29-23(34)35-12-17-15-7-3-1-5-13(15)14-6-2-4-8-16(14)17/h1-8,17-18,21H,9-12H2,(H,27,30)(H,28,33)(H,29,34)(H,31,32)/t18-,21-/m0/s1. The van der Waals surface area contributed by atoms with Crippen molar-refractivity contribution in [2.75, 3.05) is 26.2 Å². The first-order valence-corrected chi connectivity index (χ1v) is 10.9. The summed E-state index contributed by atoms with van der Waals surface area (Å²) in [5.74, 6) is -9.83. The van der Waals surface area contributed by atoms with Crippen LogP contribution in [-0.2, 0) is 19.1 Å². The second kappa shape index (κ2) is 9.69. The van der Waals surface area contributed by atoms with E-state index in [2.05, 4.69) is 10.6 Å². The molecule has 1 saturated carbocycles. The van der Waals surface area contributed by atoms with Gasteiger partial charge in [-0.3, -0.25) is 14.4 Å². The number of alkyl carbamates (subject to hydrolysis) is 1. The number of amides is 3. The summed E-state index contributed by atoms with van der Waals surface area (Å²) >= 11 is 0. The maximum Gasteiger partial charge on any atom is 0.407 e. The van der Waals surface area contributed by atoms with E-state index in [9.17, 15) is 28.0 Å². The molecule has 3 amide bonds. The molecule has 2 aliphatic rings. The number of hydrogen-bond donors (Lipinski definition) is 4. The average Bonchev–Trinajstić information content (AvgIpc) is 3.24. The van der Waals surface area contributed by atoms with Crippen LogP contribution in [0, 0.1) is 11.8 Å². The van der Waals surface area contributed by atoms with Crippen molar-refractivity contribution in [2.45, 2.75) is 11.8 Å². The minimum atomic E-state index is -3.35. The van der Waals surface area contributed by atoms with Gasteiger partial charge in [-0.2, -0.15) is 0 Å². The van der Waals surface area contributed by atoms with Crippen molar-refractivity contribution in [3.05, 3.63) is 59.7 Å². The third kappa shape index (κ3) is 5.08. The Hall–Kier alpha value is -4.02. The van der Waals surface area contributed by atoms with Crippen LogP contribution < -0.4 is 16.0 Å². The summed E-state index contributed by atoms with van der Waals surface area (Å²) in [5.41, 5.74) is 4.14. The number of benzene rings is 2. The Kier molecular flexibility index (Phi) is 6.68. The highest BCUT2D eigenvalue weighted by Crippen LogP contribution is 2.55. The number of carbonyl (C=O) groups is 4. The van der Waals surface area contributed by atoms with Crippen molar-refractivity contribution in [3.8, 4) is 11.1 Å². The van der Waals surface area contributed by atoms with Gasteiger partial charge in [-0.25, -0.2) is 13.6 Å². The summed E-state index contributed by atoms with van der Waals surface area (Å²) in [4.78, 5) is 46.1. The van der Waals surface area contributed by atoms with E-state index in [1.54, 1.807) is 0 Å². The molecule has 0 aromatic heterocycles. The molecule has 2 atom stereocenters. The molecule has 4 N–H and O–H groups in total. The van der Waals surface area contributed by atoms with E-state index < -0.39 is 61.3 Å². The lowest BCUT2D eigenvalue weighted by Gasteiger charge is -2.14. The lowest BCUT2D eigenvalue weighted by atomic mass is 9.98. The molecular formula is C24H23F2N3O6. The number of carboxylic acids is 1. The van der Waals surface area contributed by atoms with E-state index in [1.807, 2.05) is 53.8 Å². The Balaban J connectivity index is 1.25. The van der Waals surface area contributed by atoms with Crippen LogP contribution in [0.5, 0.6) is 0 Å². The lowest BCUT2D eigenvalue weighted by molar-refractivity contribution is -0.137. The van der Waals surface area contributed by atoms with Crippen molar-refractivity contribution < 1.29 is 37.8 Å². The quantitative estimate of drug-likeness (QED) is 0.426. The van der Waals surface area contributed by atoms with Gasteiger partial charge in [-0.15, -0.1) is 0 Å². The monoisotopic (exact) mass is 487 g/mol. The molecule has 2 aromatic carbocycles. The van der Waals surface area contributed by atoms with Crippen molar-refractivity contribution in [2.24, 2.45) is 11.8 Å². The van der Waals surface area contributed by atoms with Gasteiger partial charge in [-0.1, -0.05) is 48.5 Å². The zero-order chi connectivity index (χ0) is 25.2. The van der Waals surface area contributed by atoms with Crippen LogP contribution in [0.2, 0.25) is 0 Å². The van der Waals surface area contributed by atoms with Gasteiger partial charge in [-0.05, 0) is 22.3 Å². The lowest BCUT2D eigenvalue weighted by Crippen LogP contribution is -2.40. The molecule has 0 heterocycles. The van der Waals surface area contributed by atoms with Crippen LogP contribution >= 0.6 is 0 Å². The van der Waals surface area contributed by atoms with Gasteiger partial charge in [0, 0.05) is 12.5 Å². The smallest absolute Gasteiger partial charge is 0.407 e. The van der Waals surface area contributed by atoms with Gasteiger partial charge >= 0.3 is 12.1 Å². The highest BCUT2D eigenvalue weighted by molar-refractivity contribution is 5.89. The molecule has 35 heavy (non-hydrogen) atoms. The summed E-state index contributed by atoms with van der Waals surface area (Å²) in [5, 5.41) is 14.8. The summed E-state index contributed by atoms with van der Waals surface area (Å²) in [6, 6.07) is 15.5. The molecule has 1 fully saturated rings. The zero-order valence-electron chi connectivity index (χ0n) is 18.4. The molecule has 11 heteroatoms. The molecule has 2 aromatic rings. The topological polar surface area (TPSA) is 134 Å². The van der Waals surface area contributed by atoms with E-state index in [0.717, 1.165) is 22.3 Å². The number of nitrogens with one attached hydrogen (secondary N) is 3. The normalized spacial score (nSPS) is 19.1. The van der Waals surface area contributed by atoms with Gasteiger partial charge < -0.3 is 25.8 Å². The third-order valence-electron chi connectivity index (χ3n) is 6.15. The zero-order valence-corrected chi connectivity index (χ0v) is 18.4. The van der Waals surface area contributed by atoms with Crippen LogP contribution in [-0.4, -0.2) is 61.1 Å². The molecule has 0 spiro atoms. The minimum absolute atomic E-state index is 0.0241. The largest absolute Gasteiger partial charge is 0.480 e. The molecule has 184 valence electrons. The Bertz CT molecular complexity index is 1130.